The molecule has 0 spiro atoms. The van der Waals surface area contributed by atoms with Gasteiger partial charge >= 0.3 is 0 Å². The molecule has 0 radical (unpaired) electrons. The van der Waals surface area contributed by atoms with Crippen LogP contribution in [0.4, 0.5) is 5.82 Å². The van der Waals surface area contributed by atoms with E-state index in [4.69, 9.17) is 16.6 Å². The number of anilines is 1. The molecule has 3 nitrogen and oxygen atoms in total. The zero-order valence-electron chi connectivity index (χ0n) is 12.5. The highest BCUT2D eigenvalue weighted by molar-refractivity contribution is 6.33. The van der Waals surface area contributed by atoms with Crippen molar-refractivity contribution in [2.75, 3.05) is 11.4 Å². The van der Waals surface area contributed by atoms with Crippen LogP contribution < -0.4 is 10.2 Å². The molecule has 1 saturated heterocycles. The van der Waals surface area contributed by atoms with E-state index in [2.05, 4.69) is 16.3 Å². The third-order valence-corrected chi connectivity index (χ3v) is 5.59. The van der Waals surface area contributed by atoms with Gasteiger partial charge in [-0.25, -0.2) is 4.98 Å². The maximum Gasteiger partial charge on any atom is 0.147 e. The number of hydrogen-bond donors (Lipinski definition) is 1. The maximum absolute atomic E-state index is 6.55. The Labute approximate surface area is 132 Å². The van der Waals surface area contributed by atoms with Gasteiger partial charge in [-0.15, -0.1) is 0 Å². The molecule has 21 heavy (non-hydrogen) atoms. The number of fused-ring (bicyclic) bond motifs is 1. The van der Waals surface area contributed by atoms with Crippen molar-refractivity contribution in [2.24, 2.45) is 5.92 Å². The summed E-state index contributed by atoms with van der Waals surface area (Å²) in [6, 6.07) is 3.52. The Balaban J connectivity index is 1.50. The second-order valence-electron chi connectivity index (χ2n) is 6.90. The Morgan fingerprint density at radius 3 is 2.86 bits per heavy atom. The number of nitrogens with one attached hydrogen (secondary N) is 1. The van der Waals surface area contributed by atoms with Crippen LogP contribution in [0.15, 0.2) is 12.3 Å². The third kappa shape index (κ3) is 2.91. The minimum Gasteiger partial charge on any atom is -0.352 e. The molecular weight excluding hydrogens is 282 g/mol. The molecular formula is C17H24ClN3. The van der Waals surface area contributed by atoms with Crippen molar-refractivity contribution in [1.82, 2.24) is 10.3 Å². The lowest BCUT2D eigenvalue weighted by atomic mass is 9.92. The van der Waals surface area contributed by atoms with Gasteiger partial charge in [0.2, 0.25) is 0 Å². The number of pyridine rings is 1. The van der Waals surface area contributed by atoms with Crippen LogP contribution in [0.2, 0.25) is 5.02 Å². The molecule has 1 N–H and O–H groups in total. The predicted molar refractivity (Wildman–Crippen MR) is 86.8 cm³/mol. The number of piperidine rings is 1. The largest absolute Gasteiger partial charge is 0.352 e. The standard InChI is InChI=1S/C17H24ClN3/c18-15-9-12(10-19-14-6-7-14)11-20-17(15)21-8-2-4-13-3-1-5-16(13)21/h9,11,13-14,16,19H,1-8,10H2. The summed E-state index contributed by atoms with van der Waals surface area (Å²) in [6.07, 6.45) is 11.4. The van der Waals surface area contributed by atoms with Gasteiger partial charge in [-0.3, -0.25) is 0 Å². The van der Waals surface area contributed by atoms with Gasteiger partial charge in [0.15, 0.2) is 0 Å². The molecule has 0 bridgehead atoms. The second kappa shape index (κ2) is 5.77. The topological polar surface area (TPSA) is 28.2 Å². The molecule has 114 valence electrons. The van der Waals surface area contributed by atoms with E-state index in [1.54, 1.807) is 0 Å². The molecule has 0 amide bonds. The van der Waals surface area contributed by atoms with Crippen molar-refractivity contribution >= 4 is 17.4 Å². The van der Waals surface area contributed by atoms with Crippen LogP contribution in [-0.4, -0.2) is 23.6 Å². The molecule has 2 heterocycles. The van der Waals surface area contributed by atoms with Gasteiger partial charge in [0.25, 0.3) is 0 Å². The van der Waals surface area contributed by atoms with E-state index in [0.29, 0.717) is 6.04 Å². The summed E-state index contributed by atoms with van der Waals surface area (Å²) in [4.78, 5) is 7.20. The normalized spacial score (nSPS) is 28.7. The van der Waals surface area contributed by atoms with E-state index in [1.807, 2.05) is 6.20 Å². The molecule has 0 aromatic carbocycles. The molecule has 2 aliphatic carbocycles. The van der Waals surface area contributed by atoms with Gasteiger partial charge < -0.3 is 10.2 Å². The highest BCUT2D eigenvalue weighted by atomic mass is 35.5. The SMILES string of the molecule is Clc1cc(CNC2CC2)cnc1N1CCCC2CCCC21. The first kappa shape index (κ1) is 13.8. The first-order valence-electron chi connectivity index (χ1n) is 8.46. The minimum absolute atomic E-state index is 0.680. The van der Waals surface area contributed by atoms with E-state index >= 15 is 0 Å². The van der Waals surface area contributed by atoms with Crippen molar-refractivity contribution in [1.29, 1.82) is 0 Å². The number of halogens is 1. The predicted octanol–water partition coefficient (Wildman–Crippen LogP) is 3.76. The van der Waals surface area contributed by atoms with Crippen LogP contribution in [0.3, 0.4) is 0 Å². The number of hydrogen-bond acceptors (Lipinski definition) is 3. The molecule has 1 aromatic heterocycles. The number of nitrogens with zero attached hydrogens (tertiary/aromatic N) is 2. The molecule has 1 aromatic rings. The van der Waals surface area contributed by atoms with Crippen molar-refractivity contribution in [3.8, 4) is 0 Å². The number of aromatic nitrogens is 1. The highest BCUT2D eigenvalue weighted by Gasteiger charge is 2.36. The summed E-state index contributed by atoms with van der Waals surface area (Å²) in [6.45, 7) is 2.01. The molecule has 4 heteroatoms. The minimum atomic E-state index is 0.680. The fourth-order valence-corrected chi connectivity index (χ4v) is 4.34. The lowest BCUT2D eigenvalue weighted by Gasteiger charge is -2.39. The van der Waals surface area contributed by atoms with Crippen molar-refractivity contribution in [3.63, 3.8) is 0 Å². The Morgan fingerprint density at radius 2 is 2.05 bits per heavy atom. The van der Waals surface area contributed by atoms with Crippen LogP contribution in [0.1, 0.15) is 50.5 Å². The van der Waals surface area contributed by atoms with E-state index in [-0.39, 0.29) is 0 Å². The molecule has 2 unspecified atom stereocenters. The lowest BCUT2D eigenvalue weighted by molar-refractivity contribution is 0.360. The first-order chi connectivity index (χ1) is 10.3. The van der Waals surface area contributed by atoms with E-state index in [0.717, 1.165) is 35.9 Å². The summed E-state index contributed by atoms with van der Waals surface area (Å²) in [5.41, 5.74) is 1.20. The Bertz CT molecular complexity index is 515. The Kier molecular flexibility index (Phi) is 3.80. The van der Waals surface area contributed by atoms with Gasteiger partial charge in [0.1, 0.15) is 5.82 Å². The smallest absolute Gasteiger partial charge is 0.147 e. The van der Waals surface area contributed by atoms with Crippen LogP contribution >= 0.6 is 11.6 Å². The van der Waals surface area contributed by atoms with Crippen LogP contribution in [0.5, 0.6) is 0 Å². The Morgan fingerprint density at radius 1 is 1.19 bits per heavy atom. The molecule has 4 rings (SSSR count). The zero-order valence-corrected chi connectivity index (χ0v) is 13.3. The molecule has 1 aliphatic heterocycles. The maximum atomic E-state index is 6.55. The lowest BCUT2D eigenvalue weighted by Crippen LogP contribution is -2.43. The first-order valence-corrected chi connectivity index (χ1v) is 8.83. The zero-order chi connectivity index (χ0) is 14.2. The average Bonchev–Trinajstić information content (AvgIpc) is 3.20. The highest BCUT2D eigenvalue weighted by Crippen LogP contribution is 2.40. The summed E-state index contributed by atoms with van der Waals surface area (Å²) in [5, 5.41) is 4.36. The van der Waals surface area contributed by atoms with Gasteiger partial charge in [-0.2, -0.15) is 0 Å². The van der Waals surface area contributed by atoms with Gasteiger partial charge in [0, 0.05) is 31.4 Å². The number of rotatable bonds is 4. The van der Waals surface area contributed by atoms with E-state index in [9.17, 15) is 0 Å². The second-order valence-corrected chi connectivity index (χ2v) is 7.31. The van der Waals surface area contributed by atoms with Crippen LogP contribution in [-0.2, 0) is 6.54 Å². The molecule has 2 saturated carbocycles. The van der Waals surface area contributed by atoms with Crippen molar-refractivity contribution in [2.45, 2.75) is 63.6 Å². The van der Waals surface area contributed by atoms with Crippen LogP contribution in [0, 0.1) is 5.92 Å². The van der Waals surface area contributed by atoms with E-state index < -0.39 is 0 Å². The fourth-order valence-electron chi connectivity index (χ4n) is 4.04. The molecule has 3 aliphatic rings. The summed E-state index contributed by atoms with van der Waals surface area (Å²) in [5.74, 6) is 1.89. The molecule has 3 fully saturated rings. The third-order valence-electron chi connectivity index (χ3n) is 5.32. The monoisotopic (exact) mass is 305 g/mol. The Hall–Kier alpha value is -0.800. The summed E-state index contributed by atoms with van der Waals surface area (Å²) in [7, 11) is 0. The van der Waals surface area contributed by atoms with Crippen molar-refractivity contribution in [3.05, 3.63) is 22.8 Å². The van der Waals surface area contributed by atoms with Crippen LogP contribution in [0.25, 0.3) is 0 Å². The van der Waals surface area contributed by atoms with Gasteiger partial charge in [0.05, 0.1) is 5.02 Å². The fraction of sp³-hybridized carbons (Fsp3) is 0.706. The average molecular weight is 306 g/mol. The quantitative estimate of drug-likeness (QED) is 0.918. The summed E-state index contributed by atoms with van der Waals surface area (Å²) < 4.78 is 0. The van der Waals surface area contributed by atoms with Crippen molar-refractivity contribution < 1.29 is 0 Å². The summed E-state index contributed by atoms with van der Waals surface area (Å²) >= 11 is 6.55. The molecule has 2 atom stereocenters. The van der Waals surface area contributed by atoms with E-state index in [1.165, 1.54) is 50.5 Å². The van der Waals surface area contributed by atoms with Gasteiger partial charge in [-0.1, -0.05) is 18.0 Å². The van der Waals surface area contributed by atoms with Gasteiger partial charge in [-0.05, 0) is 56.1 Å².